The Morgan fingerprint density at radius 2 is 2.25 bits per heavy atom. The molecule has 1 heterocycles. The van der Waals surface area contributed by atoms with Crippen LogP contribution in [0.2, 0.25) is 0 Å². The van der Waals surface area contributed by atoms with E-state index in [-0.39, 0.29) is 24.5 Å². The molecule has 1 aliphatic rings. The highest BCUT2D eigenvalue weighted by Crippen LogP contribution is 2.32. The Morgan fingerprint density at radius 1 is 1.55 bits per heavy atom. The maximum atomic E-state index is 13.9. The summed E-state index contributed by atoms with van der Waals surface area (Å²) in [6.45, 7) is 1.76. The second-order valence-corrected chi connectivity index (χ2v) is 4.99. The molecule has 2 atom stereocenters. The molecule has 20 heavy (non-hydrogen) atoms. The minimum atomic E-state index is -1.13. The van der Waals surface area contributed by atoms with Crippen LogP contribution in [0.15, 0.2) is 18.2 Å². The summed E-state index contributed by atoms with van der Waals surface area (Å²) < 4.78 is 19.0. The van der Waals surface area contributed by atoms with Gasteiger partial charge in [-0.25, -0.2) is 4.39 Å². The molecule has 1 amide bonds. The predicted octanol–water partition coefficient (Wildman–Crippen LogP) is 0.826. The summed E-state index contributed by atoms with van der Waals surface area (Å²) in [4.78, 5) is 22.2. The number of carboxylic acids is 1. The highest BCUT2D eigenvalue weighted by atomic mass is 19.1. The quantitative estimate of drug-likeness (QED) is 0.759. The van der Waals surface area contributed by atoms with Crippen molar-refractivity contribution in [1.29, 1.82) is 0 Å². The van der Waals surface area contributed by atoms with Crippen LogP contribution in [0.4, 0.5) is 10.1 Å². The van der Waals surface area contributed by atoms with E-state index in [1.165, 1.54) is 19.1 Å². The third-order valence-corrected chi connectivity index (χ3v) is 3.53. The number of rotatable bonds is 4. The molecule has 1 aromatic carbocycles. The molecule has 0 bridgehead atoms. The van der Waals surface area contributed by atoms with Crippen LogP contribution in [-0.2, 0) is 9.53 Å². The fraction of sp³-hybridized carbons (Fsp3) is 0.385. The molecule has 0 aromatic heterocycles. The van der Waals surface area contributed by atoms with Gasteiger partial charge in [0, 0.05) is 5.56 Å². The van der Waals surface area contributed by atoms with E-state index < -0.39 is 29.2 Å². The number of nitrogens with one attached hydrogen (secondary N) is 1. The lowest BCUT2D eigenvalue weighted by Gasteiger charge is -2.26. The van der Waals surface area contributed by atoms with Crippen molar-refractivity contribution in [2.45, 2.75) is 13.0 Å². The second kappa shape index (κ2) is 5.09. The van der Waals surface area contributed by atoms with E-state index in [2.05, 4.69) is 5.32 Å². The monoisotopic (exact) mass is 282 g/mol. The number of anilines is 1. The number of hydrogen-bond acceptors (Lipinski definition) is 4. The van der Waals surface area contributed by atoms with Gasteiger partial charge in [-0.15, -0.1) is 0 Å². The maximum Gasteiger partial charge on any atom is 0.313 e. The molecule has 0 aliphatic carbocycles. The average molecular weight is 282 g/mol. The van der Waals surface area contributed by atoms with E-state index in [0.717, 1.165) is 6.07 Å². The number of amides is 1. The number of carboxylic acid groups (broad SMARTS) is 1. The van der Waals surface area contributed by atoms with E-state index >= 15 is 0 Å². The van der Waals surface area contributed by atoms with Crippen LogP contribution in [-0.4, -0.2) is 36.2 Å². The van der Waals surface area contributed by atoms with E-state index in [0.29, 0.717) is 0 Å². The molecule has 1 aliphatic heterocycles. The first-order chi connectivity index (χ1) is 9.34. The third-order valence-electron chi connectivity index (χ3n) is 3.53. The van der Waals surface area contributed by atoms with Gasteiger partial charge in [0.25, 0.3) is 0 Å². The Labute approximate surface area is 114 Å². The number of carbonyl (C=O) groups is 2. The van der Waals surface area contributed by atoms with E-state index in [1.807, 2.05) is 0 Å². The molecular formula is C13H15FN2O4. The molecule has 2 unspecified atom stereocenters. The Morgan fingerprint density at radius 3 is 2.80 bits per heavy atom. The maximum absolute atomic E-state index is 13.9. The van der Waals surface area contributed by atoms with Crippen molar-refractivity contribution >= 4 is 17.6 Å². The zero-order valence-electron chi connectivity index (χ0n) is 10.9. The van der Waals surface area contributed by atoms with Crippen molar-refractivity contribution in [3.05, 3.63) is 29.6 Å². The van der Waals surface area contributed by atoms with Crippen LogP contribution in [0.1, 0.15) is 17.3 Å². The minimum Gasteiger partial charge on any atom is -0.481 e. The van der Waals surface area contributed by atoms with Gasteiger partial charge in [0.2, 0.25) is 5.91 Å². The molecule has 0 spiro atoms. The summed E-state index contributed by atoms with van der Waals surface area (Å²) in [5.74, 6) is -2.40. The normalized spacial score (nSPS) is 25.4. The topological polar surface area (TPSA) is 102 Å². The number of primary amides is 1. The fourth-order valence-electron chi connectivity index (χ4n) is 2.06. The molecule has 2 rings (SSSR count). The van der Waals surface area contributed by atoms with Crippen molar-refractivity contribution in [2.24, 2.45) is 11.1 Å². The number of ether oxygens (including phenoxy) is 1. The summed E-state index contributed by atoms with van der Waals surface area (Å²) in [6, 6.07) is 3.19. The lowest BCUT2D eigenvalue weighted by atomic mass is 9.85. The average Bonchev–Trinajstić information content (AvgIpc) is 2.74. The molecule has 1 saturated heterocycles. The zero-order valence-corrected chi connectivity index (χ0v) is 10.9. The van der Waals surface area contributed by atoms with Crippen LogP contribution in [0.3, 0.4) is 0 Å². The molecule has 0 radical (unpaired) electrons. The number of hydrogen-bond donors (Lipinski definition) is 3. The molecular weight excluding hydrogens is 267 g/mol. The Kier molecular flexibility index (Phi) is 3.63. The summed E-state index contributed by atoms with van der Waals surface area (Å²) in [7, 11) is 0. The Hall–Kier alpha value is -2.15. The smallest absolute Gasteiger partial charge is 0.313 e. The first-order valence-electron chi connectivity index (χ1n) is 6.01. The molecule has 108 valence electrons. The third kappa shape index (κ3) is 2.44. The number of nitrogens with two attached hydrogens (primary N) is 1. The molecule has 1 fully saturated rings. The number of halogens is 1. The van der Waals surface area contributed by atoms with Gasteiger partial charge in [0.15, 0.2) is 0 Å². The van der Waals surface area contributed by atoms with Gasteiger partial charge in [0.05, 0.1) is 24.9 Å². The van der Waals surface area contributed by atoms with Gasteiger partial charge >= 0.3 is 5.97 Å². The Balaban J connectivity index is 2.22. The van der Waals surface area contributed by atoms with Crippen LogP contribution < -0.4 is 11.1 Å². The number of benzene rings is 1. The SMILES string of the molecule is CC1(C(=O)O)COCC1Nc1ccc(C(N)=O)cc1F. The van der Waals surface area contributed by atoms with Crippen molar-refractivity contribution in [3.63, 3.8) is 0 Å². The first kappa shape index (κ1) is 14.3. The second-order valence-electron chi connectivity index (χ2n) is 4.99. The molecule has 1 aromatic rings. The van der Waals surface area contributed by atoms with Gasteiger partial charge in [-0.1, -0.05) is 0 Å². The fourth-order valence-corrected chi connectivity index (χ4v) is 2.06. The van der Waals surface area contributed by atoms with Gasteiger partial charge in [-0.2, -0.15) is 0 Å². The van der Waals surface area contributed by atoms with Crippen molar-refractivity contribution in [3.8, 4) is 0 Å². The summed E-state index contributed by atoms with van der Waals surface area (Å²) in [6.07, 6.45) is 0. The summed E-state index contributed by atoms with van der Waals surface area (Å²) in [5.41, 5.74) is 4.09. The summed E-state index contributed by atoms with van der Waals surface area (Å²) >= 11 is 0. The van der Waals surface area contributed by atoms with Crippen LogP contribution >= 0.6 is 0 Å². The van der Waals surface area contributed by atoms with Crippen LogP contribution in [0.5, 0.6) is 0 Å². The highest BCUT2D eigenvalue weighted by Gasteiger charge is 2.46. The molecule has 6 nitrogen and oxygen atoms in total. The minimum absolute atomic E-state index is 0.0525. The zero-order chi connectivity index (χ0) is 14.9. The lowest BCUT2D eigenvalue weighted by Crippen LogP contribution is -2.43. The van der Waals surface area contributed by atoms with Crippen LogP contribution in [0.25, 0.3) is 0 Å². The van der Waals surface area contributed by atoms with Crippen molar-refractivity contribution < 1.29 is 23.8 Å². The standard InChI is InChI=1S/C13H15FN2O4/c1-13(12(18)19)6-20-5-10(13)16-9-3-2-7(11(15)17)4-8(9)14/h2-4,10,16H,5-6H2,1H3,(H2,15,17)(H,18,19). The number of carbonyl (C=O) groups excluding carboxylic acids is 1. The first-order valence-corrected chi connectivity index (χ1v) is 6.01. The predicted molar refractivity (Wildman–Crippen MR) is 68.9 cm³/mol. The molecule has 7 heteroatoms. The van der Waals surface area contributed by atoms with E-state index in [9.17, 15) is 19.1 Å². The van der Waals surface area contributed by atoms with Gasteiger partial charge < -0.3 is 20.9 Å². The van der Waals surface area contributed by atoms with E-state index in [1.54, 1.807) is 0 Å². The van der Waals surface area contributed by atoms with Gasteiger partial charge in [-0.05, 0) is 25.1 Å². The number of aliphatic carboxylic acids is 1. The largest absolute Gasteiger partial charge is 0.481 e. The van der Waals surface area contributed by atoms with Crippen molar-refractivity contribution in [1.82, 2.24) is 0 Å². The summed E-state index contributed by atoms with van der Waals surface area (Å²) in [5, 5.41) is 12.0. The Bertz CT molecular complexity index is 563. The highest BCUT2D eigenvalue weighted by molar-refractivity contribution is 5.93. The van der Waals surface area contributed by atoms with E-state index in [4.69, 9.17) is 10.5 Å². The lowest BCUT2D eigenvalue weighted by molar-refractivity contribution is -0.148. The van der Waals surface area contributed by atoms with Crippen molar-refractivity contribution in [2.75, 3.05) is 18.5 Å². The van der Waals surface area contributed by atoms with Crippen LogP contribution in [0, 0.1) is 11.2 Å². The van der Waals surface area contributed by atoms with Gasteiger partial charge in [0.1, 0.15) is 11.2 Å². The molecule has 0 saturated carbocycles. The van der Waals surface area contributed by atoms with Gasteiger partial charge in [-0.3, -0.25) is 9.59 Å². The molecule has 4 N–H and O–H groups in total.